The summed E-state index contributed by atoms with van der Waals surface area (Å²) in [5.41, 5.74) is 0. The number of carbonyl (C=O) groups is 1. The molecule has 1 aliphatic heterocycles. The van der Waals surface area contributed by atoms with Crippen LogP contribution in [0.5, 0.6) is 5.75 Å². The van der Waals surface area contributed by atoms with Crippen molar-refractivity contribution in [1.82, 2.24) is 9.80 Å². The van der Waals surface area contributed by atoms with E-state index in [9.17, 15) is 4.79 Å². The van der Waals surface area contributed by atoms with E-state index in [0.717, 1.165) is 51.5 Å². The minimum Gasteiger partial charge on any atom is -0.494 e. The number of benzene rings is 1. The SMILES string of the molecule is O=C(O)CCN1CCN(CCCOc2ccccc2)CC1. The lowest BCUT2D eigenvalue weighted by Crippen LogP contribution is -2.47. The van der Waals surface area contributed by atoms with Crippen LogP contribution in [0.4, 0.5) is 0 Å². The van der Waals surface area contributed by atoms with Gasteiger partial charge in [-0.25, -0.2) is 0 Å². The summed E-state index contributed by atoms with van der Waals surface area (Å²) in [6.07, 6.45) is 1.26. The lowest BCUT2D eigenvalue weighted by atomic mass is 10.2. The van der Waals surface area contributed by atoms with Crippen LogP contribution in [-0.2, 0) is 4.79 Å². The zero-order chi connectivity index (χ0) is 14.9. The molecule has 0 aromatic heterocycles. The van der Waals surface area contributed by atoms with Crippen molar-refractivity contribution in [3.05, 3.63) is 30.3 Å². The molecule has 1 fully saturated rings. The number of carboxylic acid groups (broad SMARTS) is 1. The topological polar surface area (TPSA) is 53.0 Å². The summed E-state index contributed by atoms with van der Waals surface area (Å²) in [7, 11) is 0. The Balaban J connectivity index is 1.54. The van der Waals surface area contributed by atoms with Crippen molar-refractivity contribution >= 4 is 5.97 Å². The first-order valence-electron chi connectivity index (χ1n) is 7.58. The molecule has 5 heteroatoms. The van der Waals surface area contributed by atoms with Gasteiger partial charge in [0.15, 0.2) is 0 Å². The minimum absolute atomic E-state index is 0.241. The number of rotatable bonds is 8. The molecule has 5 nitrogen and oxygen atoms in total. The summed E-state index contributed by atoms with van der Waals surface area (Å²) in [6, 6.07) is 9.89. The van der Waals surface area contributed by atoms with Gasteiger partial charge in [-0.05, 0) is 18.6 Å². The van der Waals surface area contributed by atoms with E-state index in [1.165, 1.54) is 0 Å². The summed E-state index contributed by atoms with van der Waals surface area (Å²) in [4.78, 5) is 15.2. The second-order valence-corrected chi connectivity index (χ2v) is 5.34. The van der Waals surface area contributed by atoms with Gasteiger partial charge in [0.1, 0.15) is 5.75 Å². The average Bonchev–Trinajstić information content (AvgIpc) is 2.52. The van der Waals surface area contributed by atoms with Crippen LogP contribution in [0.2, 0.25) is 0 Å². The smallest absolute Gasteiger partial charge is 0.304 e. The van der Waals surface area contributed by atoms with E-state index >= 15 is 0 Å². The maximum Gasteiger partial charge on any atom is 0.304 e. The first-order valence-corrected chi connectivity index (χ1v) is 7.58. The van der Waals surface area contributed by atoms with Crippen molar-refractivity contribution in [2.45, 2.75) is 12.8 Å². The largest absolute Gasteiger partial charge is 0.494 e. The van der Waals surface area contributed by atoms with E-state index in [0.29, 0.717) is 6.54 Å². The maximum absolute atomic E-state index is 10.5. The maximum atomic E-state index is 10.5. The van der Waals surface area contributed by atoms with E-state index in [1.54, 1.807) is 0 Å². The van der Waals surface area contributed by atoms with Gasteiger partial charge < -0.3 is 19.6 Å². The van der Waals surface area contributed by atoms with Crippen LogP contribution >= 0.6 is 0 Å². The Hall–Kier alpha value is -1.59. The highest BCUT2D eigenvalue weighted by Crippen LogP contribution is 2.09. The Labute approximate surface area is 126 Å². The molecule has 0 bridgehead atoms. The molecule has 21 heavy (non-hydrogen) atoms. The number of carboxylic acids is 1. The quantitative estimate of drug-likeness (QED) is 0.737. The number of nitrogens with zero attached hydrogens (tertiary/aromatic N) is 2. The molecule has 1 saturated heterocycles. The number of piperazine rings is 1. The Morgan fingerprint density at radius 1 is 1.05 bits per heavy atom. The second-order valence-electron chi connectivity index (χ2n) is 5.34. The molecule has 1 aromatic carbocycles. The molecule has 1 aromatic rings. The molecule has 1 N–H and O–H groups in total. The van der Waals surface area contributed by atoms with Gasteiger partial charge in [-0.15, -0.1) is 0 Å². The van der Waals surface area contributed by atoms with Crippen LogP contribution in [0, 0.1) is 0 Å². The molecular formula is C16H24N2O3. The molecule has 1 aliphatic rings. The summed E-state index contributed by atoms with van der Waals surface area (Å²) >= 11 is 0. The van der Waals surface area contributed by atoms with Gasteiger partial charge in [-0.1, -0.05) is 18.2 Å². The van der Waals surface area contributed by atoms with Crippen molar-refractivity contribution in [3.8, 4) is 5.75 Å². The first-order chi connectivity index (χ1) is 10.2. The molecule has 0 amide bonds. The molecule has 2 rings (SSSR count). The van der Waals surface area contributed by atoms with Crippen molar-refractivity contribution in [2.24, 2.45) is 0 Å². The Morgan fingerprint density at radius 2 is 1.67 bits per heavy atom. The average molecular weight is 292 g/mol. The van der Waals surface area contributed by atoms with E-state index in [1.807, 2.05) is 30.3 Å². The van der Waals surface area contributed by atoms with Crippen LogP contribution in [0.1, 0.15) is 12.8 Å². The highest BCUT2D eigenvalue weighted by molar-refractivity contribution is 5.66. The van der Waals surface area contributed by atoms with Crippen LogP contribution in [0.3, 0.4) is 0 Å². The van der Waals surface area contributed by atoms with Crippen molar-refractivity contribution in [1.29, 1.82) is 0 Å². The lowest BCUT2D eigenvalue weighted by molar-refractivity contribution is -0.137. The first kappa shape index (κ1) is 15.8. The fourth-order valence-corrected chi connectivity index (χ4v) is 2.49. The van der Waals surface area contributed by atoms with Crippen LogP contribution < -0.4 is 4.74 Å². The van der Waals surface area contributed by atoms with Crippen LogP contribution in [0.15, 0.2) is 30.3 Å². The molecule has 0 unspecified atom stereocenters. The molecule has 116 valence electrons. The number of ether oxygens (including phenoxy) is 1. The molecule has 1 heterocycles. The normalized spacial score (nSPS) is 16.8. The zero-order valence-electron chi connectivity index (χ0n) is 12.4. The predicted molar refractivity (Wildman–Crippen MR) is 81.7 cm³/mol. The van der Waals surface area contributed by atoms with Gasteiger partial charge in [0.2, 0.25) is 0 Å². The van der Waals surface area contributed by atoms with Crippen molar-refractivity contribution in [3.63, 3.8) is 0 Å². The molecular weight excluding hydrogens is 268 g/mol. The molecule has 0 saturated carbocycles. The summed E-state index contributed by atoms with van der Waals surface area (Å²) < 4.78 is 5.68. The lowest BCUT2D eigenvalue weighted by Gasteiger charge is -2.34. The number of hydrogen-bond acceptors (Lipinski definition) is 4. The van der Waals surface area contributed by atoms with Gasteiger partial charge in [-0.3, -0.25) is 4.79 Å². The summed E-state index contributed by atoms with van der Waals surface area (Å²) in [6.45, 7) is 6.42. The van der Waals surface area contributed by atoms with Gasteiger partial charge in [0.25, 0.3) is 0 Å². The molecule has 0 spiro atoms. The number of aliphatic carboxylic acids is 1. The van der Waals surface area contributed by atoms with E-state index in [-0.39, 0.29) is 6.42 Å². The monoisotopic (exact) mass is 292 g/mol. The molecule has 0 radical (unpaired) electrons. The van der Waals surface area contributed by atoms with Crippen molar-refractivity contribution < 1.29 is 14.6 Å². The van der Waals surface area contributed by atoms with Gasteiger partial charge in [-0.2, -0.15) is 0 Å². The van der Waals surface area contributed by atoms with Gasteiger partial charge in [0, 0.05) is 39.3 Å². The predicted octanol–water partition coefficient (Wildman–Crippen LogP) is 1.55. The fourth-order valence-electron chi connectivity index (χ4n) is 2.49. The second kappa shape index (κ2) is 8.64. The number of hydrogen-bond donors (Lipinski definition) is 1. The zero-order valence-corrected chi connectivity index (χ0v) is 12.4. The Kier molecular flexibility index (Phi) is 6.50. The van der Waals surface area contributed by atoms with E-state index in [4.69, 9.17) is 9.84 Å². The Morgan fingerprint density at radius 3 is 2.29 bits per heavy atom. The highest BCUT2D eigenvalue weighted by atomic mass is 16.5. The minimum atomic E-state index is -0.713. The number of para-hydroxylation sites is 1. The fraction of sp³-hybridized carbons (Fsp3) is 0.562. The van der Waals surface area contributed by atoms with Crippen LogP contribution in [-0.4, -0.2) is 66.8 Å². The van der Waals surface area contributed by atoms with Crippen LogP contribution in [0.25, 0.3) is 0 Å². The highest BCUT2D eigenvalue weighted by Gasteiger charge is 2.16. The third-order valence-corrected chi connectivity index (χ3v) is 3.74. The van der Waals surface area contributed by atoms with E-state index < -0.39 is 5.97 Å². The molecule has 0 aliphatic carbocycles. The Bertz CT molecular complexity index is 417. The summed E-state index contributed by atoms with van der Waals surface area (Å²) in [5.74, 6) is 0.214. The standard InChI is InChI=1S/C16H24N2O3/c19-16(20)7-9-18-12-10-17(11-13-18)8-4-14-21-15-5-2-1-3-6-15/h1-3,5-6H,4,7-14H2,(H,19,20). The summed E-state index contributed by atoms with van der Waals surface area (Å²) in [5, 5.41) is 8.68. The van der Waals surface area contributed by atoms with Gasteiger partial charge in [0.05, 0.1) is 13.0 Å². The van der Waals surface area contributed by atoms with Gasteiger partial charge >= 0.3 is 5.97 Å². The third kappa shape index (κ3) is 6.14. The molecule has 0 atom stereocenters. The van der Waals surface area contributed by atoms with Crippen molar-refractivity contribution in [2.75, 3.05) is 45.9 Å². The van der Waals surface area contributed by atoms with E-state index in [2.05, 4.69) is 9.80 Å². The third-order valence-electron chi connectivity index (χ3n) is 3.74.